The average molecular weight is 569 g/mol. The van der Waals surface area contributed by atoms with Crippen LogP contribution in [-0.2, 0) is 19.9 Å². The van der Waals surface area contributed by atoms with Crippen LogP contribution in [0.2, 0.25) is 0 Å². The second kappa shape index (κ2) is 14.7. The summed E-state index contributed by atoms with van der Waals surface area (Å²) in [6, 6.07) is 24.0. The fourth-order valence-corrected chi connectivity index (χ4v) is 4.75. The van der Waals surface area contributed by atoms with Crippen LogP contribution in [0.15, 0.2) is 94.4 Å². The summed E-state index contributed by atoms with van der Waals surface area (Å²) in [5.74, 6) is 1.85. The molecule has 0 radical (unpaired) electrons. The van der Waals surface area contributed by atoms with E-state index in [4.69, 9.17) is 9.15 Å². The minimum Gasteiger partial charge on any atom is -0.494 e. The molecule has 6 nitrogen and oxygen atoms in total. The lowest BCUT2D eigenvalue weighted by atomic mass is 10.0. The number of nitrogens with zero attached hydrogens (tertiary/aromatic N) is 2. The van der Waals surface area contributed by atoms with Crippen molar-refractivity contribution in [1.82, 2.24) is 14.9 Å². The molecule has 0 saturated heterocycles. The molecule has 0 amide bonds. The van der Waals surface area contributed by atoms with Gasteiger partial charge in [-0.3, -0.25) is 9.78 Å². The van der Waals surface area contributed by atoms with Gasteiger partial charge in [-0.2, -0.15) is 0 Å². The van der Waals surface area contributed by atoms with Crippen molar-refractivity contribution >= 4 is 46.7 Å². The predicted octanol–water partition coefficient (Wildman–Crippen LogP) is 6.52. The van der Waals surface area contributed by atoms with Crippen LogP contribution in [0.3, 0.4) is 0 Å². The second-order valence-electron chi connectivity index (χ2n) is 9.53. The van der Waals surface area contributed by atoms with Gasteiger partial charge < -0.3 is 19.0 Å². The number of halogens is 2. The predicted molar refractivity (Wildman–Crippen MR) is 163 cm³/mol. The van der Waals surface area contributed by atoms with Gasteiger partial charge in [0.2, 0.25) is 0 Å². The van der Waals surface area contributed by atoms with Crippen molar-refractivity contribution in [1.29, 1.82) is 0 Å². The van der Waals surface area contributed by atoms with Crippen molar-refractivity contribution in [2.45, 2.75) is 38.1 Å². The Morgan fingerprint density at radius 2 is 1.79 bits per heavy atom. The Bertz CT molecular complexity index is 1490. The molecule has 39 heavy (non-hydrogen) atoms. The number of rotatable bonds is 12. The van der Waals surface area contributed by atoms with E-state index in [1.165, 1.54) is 5.56 Å². The summed E-state index contributed by atoms with van der Waals surface area (Å²) < 4.78 is 13.7. The number of hydrogen-bond acceptors (Lipinski definition) is 5. The molecule has 0 saturated carbocycles. The number of benzene rings is 2. The third kappa shape index (κ3) is 8.09. The van der Waals surface area contributed by atoms with E-state index in [0.29, 0.717) is 6.61 Å². The lowest BCUT2D eigenvalue weighted by Crippen LogP contribution is -2.34. The van der Waals surface area contributed by atoms with Gasteiger partial charge in [0.25, 0.3) is 5.56 Å². The molecule has 3 heterocycles. The SMILES string of the molecule is Cl.Cl.Cn1c(=O)ccc2cc(OCCCCCNC(Cc3cccnc3)Cc3cc4ccccc4o3)ccc21. The normalized spacial score (nSPS) is 11.6. The van der Waals surface area contributed by atoms with Crippen molar-refractivity contribution < 1.29 is 9.15 Å². The van der Waals surface area contributed by atoms with Gasteiger partial charge in [0.05, 0.1) is 12.1 Å². The van der Waals surface area contributed by atoms with Crippen molar-refractivity contribution in [3.05, 3.63) is 107 Å². The number of furan rings is 1. The van der Waals surface area contributed by atoms with E-state index in [2.05, 4.69) is 28.5 Å². The number of nitrogens with one attached hydrogen (secondary N) is 1. The maximum absolute atomic E-state index is 11.8. The zero-order valence-corrected chi connectivity index (χ0v) is 23.7. The molecule has 5 rings (SSSR count). The molecule has 0 aliphatic heterocycles. The average Bonchev–Trinajstić information content (AvgIpc) is 3.33. The van der Waals surface area contributed by atoms with Gasteiger partial charge in [0.1, 0.15) is 17.1 Å². The highest BCUT2D eigenvalue weighted by atomic mass is 35.5. The third-order valence-corrected chi connectivity index (χ3v) is 6.75. The molecule has 8 heteroatoms. The van der Waals surface area contributed by atoms with Gasteiger partial charge in [-0.25, -0.2) is 0 Å². The molecule has 1 N–H and O–H groups in total. The first-order chi connectivity index (χ1) is 18.2. The first-order valence-electron chi connectivity index (χ1n) is 13.0. The third-order valence-electron chi connectivity index (χ3n) is 6.75. The minimum atomic E-state index is -0.00459. The molecular weight excluding hydrogens is 533 g/mol. The topological polar surface area (TPSA) is 69.3 Å². The van der Waals surface area contributed by atoms with Gasteiger partial charge in [0, 0.05) is 48.7 Å². The van der Waals surface area contributed by atoms with E-state index < -0.39 is 0 Å². The second-order valence-corrected chi connectivity index (χ2v) is 9.53. The maximum Gasteiger partial charge on any atom is 0.250 e. The highest BCUT2D eigenvalue weighted by molar-refractivity contribution is 5.85. The molecule has 0 aliphatic carbocycles. The Kier molecular flexibility index (Phi) is 11.4. The highest BCUT2D eigenvalue weighted by Crippen LogP contribution is 2.21. The smallest absolute Gasteiger partial charge is 0.250 e. The molecule has 0 fully saturated rings. The number of aromatic nitrogens is 2. The Labute approximate surface area is 241 Å². The summed E-state index contributed by atoms with van der Waals surface area (Å²) in [4.78, 5) is 16.1. The summed E-state index contributed by atoms with van der Waals surface area (Å²) in [7, 11) is 1.79. The number of pyridine rings is 2. The largest absolute Gasteiger partial charge is 0.494 e. The Hall–Kier alpha value is -3.32. The molecule has 0 bridgehead atoms. The summed E-state index contributed by atoms with van der Waals surface area (Å²) in [5, 5.41) is 5.90. The first kappa shape index (κ1) is 30.2. The number of fused-ring (bicyclic) bond motifs is 2. The van der Waals surface area contributed by atoms with E-state index in [1.807, 2.05) is 60.9 Å². The van der Waals surface area contributed by atoms with Crippen LogP contribution in [0.5, 0.6) is 5.75 Å². The van der Waals surface area contributed by atoms with E-state index >= 15 is 0 Å². The number of unbranched alkanes of at least 4 members (excludes halogenated alkanes) is 2. The Balaban J connectivity index is 0.00000210. The standard InChI is InChI=1S/C31H33N3O3.2ClH/c1-34-29-13-12-27(19-24(29)11-14-31(34)35)36-17-6-2-5-16-33-26(18-23-8-7-15-32-22-23)21-28-20-25-9-3-4-10-30(25)37-28;;/h3-4,7-15,19-20,22,26,33H,2,5-6,16-18,21H2,1H3;2*1H. The fraction of sp³-hybridized carbons (Fsp3) is 0.290. The Morgan fingerprint density at radius 1 is 0.923 bits per heavy atom. The zero-order valence-electron chi connectivity index (χ0n) is 22.0. The molecular formula is C31H35Cl2N3O3. The number of para-hydroxylation sites is 1. The summed E-state index contributed by atoms with van der Waals surface area (Å²) >= 11 is 0. The van der Waals surface area contributed by atoms with Crippen LogP contribution in [0.4, 0.5) is 0 Å². The van der Waals surface area contributed by atoms with Gasteiger partial charge in [0.15, 0.2) is 0 Å². The van der Waals surface area contributed by atoms with Crippen LogP contribution in [-0.4, -0.2) is 28.7 Å². The maximum atomic E-state index is 11.8. The summed E-state index contributed by atoms with van der Waals surface area (Å²) in [6.45, 7) is 1.62. The zero-order chi connectivity index (χ0) is 25.5. The molecule has 1 atom stereocenters. The van der Waals surface area contributed by atoms with Crippen LogP contribution in [0.1, 0.15) is 30.6 Å². The van der Waals surface area contributed by atoms with Gasteiger partial charge in [-0.1, -0.05) is 24.3 Å². The monoisotopic (exact) mass is 567 g/mol. The fourth-order valence-electron chi connectivity index (χ4n) is 4.75. The summed E-state index contributed by atoms with van der Waals surface area (Å²) in [5.41, 5.74) is 3.07. The number of ether oxygens (including phenoxy) is 1. The van der Waals surface area contributed by atoms with Crippen LogP contribution in [0, 0.1) is 0 Å². The van der Waals surface area contributed by atoms with Gasteiger partial charge in [-0.15, -0.1) is 24.8 Å². The molecule has 5 aromatic rings. The van der Waals surface area contributed by atoms with Crippen molar-refractivity contribution in [2.75, 3.05) is 13.2 Å². The number of aryl methyl sites for hydroxylation is 1. The highest BCUT2D eigenvalue weighted by Gasteiger charge is 2.14. The lowest BCUT2D eigenvalue weighted by Gasteiger charge is -2.18. The molecule has 0 spiro atoms. The van der Waals surface area contributed by atoms with Crippen LogP contribution in [0.25, 0.3) is 21.9 Å². The van der Waals surface area contributed by atoms with E-state index in [1.54, 1.807) is 17.7 Å². The quantitative estimate of drug-likeness (QED) is 0.174. The van der Waals surface area contributed by atoms with Gasteiger partial charge >= 0.3 is 0 Å². The van der Waals surface area contributed by atoms with Crippen LogP contribution >= 0.6 is 24.8 Å². The van der Waals surface area contributed by atoms with E-state index in [-0.39, 0.29) is 36.4 Å². The minimum absolute atomic E-state index is 0. The van der Waals surface area contributed by atoms with Crippen LogP contribution < -0.4 is 15.6 Å². The van der Waals surface area contributed by atoms with Gasteiger partial charge in [-0.05, 0) is 80.3 Å². The molecule has 206 valence electrons. The summed E-state index contributed by atoms with van der Waals surface area (Å²) in [6.07, 6.45) is 8.64. The number of hydrogen-bond donors (Lipinski definition) is 1. The van der Waals surface area contributed by atoms with Crippen molar-refractivity contribution in [3.8, 4) is 5.75 Å². The molecule has 2 aromatic carbocycles. The van der Waals surface area contributed by atoms with E-state index in [9.17, 15) is 4.79 Å². The van der Waals surface area contributed by atoms with Crippen molar-refractivity contribution in [2.24, 2.45) is 7.05 Å². The molecule has 0 aliphatic rings. The Morgan fingerprint density at radius 3 is 2.62 bits per heavy atom. The van der Waals surface area contributed by atoms with E-state index in [0.717, 1.165) is 72.0 Å². The molecule has 3 aromatic heterocycles. The molecule has 1 unspecified atom stereocenters. The lowest BCUT2D eigenvalue weighted by molar-refractivity contribution is 0.304. The van der Waals surface area contributed by atoms with Crippen molar-refractivity contribution in [3.63, 3.8) is 0 Å². The first-order valence-corrected chi connectivity index (χ1v) is 13.0.